The Labute approximate surface area is 80.7 Å². The van der Waals surface area contributed by atoms with Crippen molar-refractivity contribution in [3.05, 3.63) is 29.8 Å². The molecule has 1 heteroatoms. The predicted molar refractivity (Wildman–Crippen MR) is 55.1 cm³/mol. The first-order valence-corrected chi connectivity index (χ1v) is 4.78. The number of hydrogen-bond donors (Lipinski definition) is 0. The Bertz CT molecular complexity index is 246. The van der Waals surface area contributed by atoms with Crippen LogP contribution < -0.4 is 4.74 Å². The molecule has 0 fully saturated rings. The molecule has 0 heterocycles. The minimum atomic E-state index is 0.223. The van der Waals surface area contributed by atoms with Crippen molar-refractivity contribution in [2.24, 2.45) is 0 Å². The topological polar surface area (TPSA) is 9.23 Å². The molecule has 1 radical (unpaired) electrons. The lowest BCUT2D eigenvalue weighted by Crippen LogP contribution is -2.05. The van der Waals surface area contributed by atoms with Crippen molar-refractivity contribution in [3.63, 3.8) is 0 Å². The summed E-state index contributed by atoms with van der Waals surface area (Å²) in [6, 6.07) is 9.21. The largest absolute Gasteiger partial charge is 0.490 e. The molecule has 0 N–H and O–H groups in total. The molecule has 0 spiro atoms. The van der Waals surface area contributed by atoms with E-state index in [2.05, 4.69) is 26.0 Å². The summed E-state index contributed by atoms with van der Waals surface area (Å²) in [5.74, 6) is 1.39. The van der Waals surface area contributed by atoms with Crippen molar-refractivity contribution in [1.29, 1.82) is 0 Å². The van der Waals surface area contributed by atoms with E-state index in [1.54, 1.807) is 0 Å². The summed E-state index contributed by atoms with van der Waals surface area (Å²) in [4.78, 5) is 0. The summed E-state index contributed by atoms with van der Waals surface area (Å²) in [7, 11) is 0. The van der Waals surface area contributed by atoms with Crippen LogP contribution in [0.25, 0.3) is 0 Å². The van der Waals surface area contributed by atoms with Crippen LogP contribution in [0.4, 0.5) is 0 Å². The second-order valence-corrected chi connectivity index (χ2v) is 3.81. The predicted octanol–water partition coefficient (Wildman–Crippen LogP) is 3.40. The van der Waals surface area contributed by atoms with Gasteiger partial charge in [-0.3, -0.25) is 0 Å². The molecular formula is C12H17O. The summed E-state index contributed by atoms with van der Waals surface area (Å²) < 4.78 is 5.49. The van der Waals surface area contributed by atoms with Gasteiger partial charge in [0, 0.05) is 6.07 Å². The fourth-order valence-electron chi connectivity index (χ4n) is 1.11. The van der Waals surface area contributed by atoms with Crippen molar-refractivity contribution < 1.29 is 4.74 Å². The third-order valence-electron chi connectivity index (χ3n) is 1.84. The van der Waals surface area contributed by atoms with E-state index in [0.29, 0.717) is 5.92 Å². The second-order valence-electron chi connectivity index (χ2n) is 3.81. The van der Waals surface area contributed by atoms with Crippen LogP contribution in [0.5, 0.6) is 5.75 Å². The normalized spacial score (nSPS) is 10.9. The molecule has 0 aliphatic heterocycles. The van der Waals surface area contributed by atoms with Gasteiger partial charge in [-0.1, -0.05) is 19.9 Å². The quantitative estimate of drug-likeness (QED) is 0.687. The molecule has 0 atom stereocenters. The Morgan fingerprint density at radius 3 is 2.23 bits per heavy atom. The zero-order chi connectivity index (χ0) is 9.84. The fraction of sp³-hybridized carbons (Fsp3) is 0.500. The highest BCUT2D eigenvalue weighted by Crippen LogP contribution is 2.18. The molecule has 1 rings (SSSR count). The maximum atomic E-state index is 5.49. The molecule has 0 aliphatic rings. The van der Waals surface area contributed by atoms with Crippen molar-refractivity contribution in [3.8, 4) is 5.75 Å². The van der Waals surface area contributed by atoms with E-state index in [1.807, 2.05) is 26.0 Å². The SMILES string of the molecule is CC(C)Oc1[c]cc(C(C)C)cc1. The van der Waals surface area contributed by atoms with Gasteiger partial charge < -0.3 is 4.74 Å². The molecule has 1 nitrogen and oxygen atoms in total. The van der Waals surface area contributed by atoms with Gasteiger partial charge in [-0.05, 0) is 37.5 Å². The lowest BCUT2D eigenvalue weighted by atomic mass is 10.0. The van der Waals surface area contributed by atoms with Crippen LogP contribution in [0.15, 0.2) is 18.2 Å². The lowest BCUT2D eigenvalue weighted by molar-refractivity contribution is 0.242. The van der Waals surface area contributed by atoms with Gasteiger partial charge >= 0.3 is 0 Å². The van der Waals surface area contributed by atoms with E-state index >= 15 is 0 Å². The number of hydrogen-bond acceptors (Lipinski definition) is 1. The molecule has 0 bridgehead atoms. The van der Waals surface area contributed by atoms with Gasteiger partial charge in [-0.2, -0.15) is 0 Å². The lowest BCUT2D eigenvalue weighted by Gasteiger charge is -2.10. The standard InChI is InChI=1S/C12H17O/c1-9(2)11-5-7-12(8-6-11)13-10(3)4/h5-7,9-10H,1-4H3. The Morgan fingerprint density at radius 1 is 1.15 bits per heavy atom. The highest BCUT2D eigenvalue weighted by atomic mass is 16.5. The molecular weight excluding hydrogens is 160 g/mol. The first-order chi connectivity index (χ1) is 6.09. The van der Waals surface area contributed by atoms with E-state index < -0.39 is 0 Å². The number of rotatable bonds is 3. The van der Waals surface area contributed by atoms with Crippen LogP contribution in [0.2, 0.25) is 0 Å². The van der Waals surface area contributed by atoms with Gasteiger partial charge in [0.2, 0.25) is 0 Å². The van der Waals surface area contributed by atoms with Gasteiger partial charge in [0.25, 0.3) is 0 Å². The van der Waals surface area contributed by atoms with Crippen LogP contribution in [0.3, 0.4) is 0 Å². The van der Waals surface area contributed by atoms with E-state index in [9.17, 15) is 0 Å². The van der Waals surface area contributed by atoms with Crippen LogP contribution in [0, 0.1) is 6.07 Å². The van der Waals surface area contributed by atoms with E-state index in [4.69, 9.17) is 4.74 Å². The highest BCUT2D eigenvalue weighted by molar-refractivity contribution is 5.27. The number of benzene rings is 1. The first kappa shape index (κ1) is 10.1. The Balaban J connectivity index is 2.70. The molecule has 13 heavy (non-hydrogen) atoms. The monoisotopic (exact) mass is 177 g/mol. The minimum Gasteiger partial charge on any atom is -0.490 e. The fourth-order valence-corrected chi connectivity index (χ4v) is 1.11. The molecule has 71 valence electrons. The van der Waals surface area contributed by atoms with Gasteiger partial charge in [0.15, 0.2) is 0 Å². The smallest absolute Gasteiger partial charge is 0.127 e. The van der Waals surface area contributed by atoms with E-state index in [1.165, 1.54) is 5.56 Å². The zero-order valence-electron chi connectivity index (χ0n) is 8.79. The summed E-state index contributed by atoms with van der Waals surface area (Å²) >= 11 is 0. The third-order valence-corrected chi connectivity index (χ3v) is 1.84. The summed E-state index contributed by atoms with van der Waals surface area (Å²) in [5, 5.41) is 0. The molecule has 0 amide bonds. The summed E-state index contributed by atoms with van der Waals surface area (Å²) in [6.45, 7) is 8.38. The third kappa shape index (κ3) is 3.10. The van der Waals surface area contributed by atoms with Crippen molar-refractivity contribution in [2.45, 2.75) is 39.7 Å². The Morgan fingerprint density at radius 2 is 1.85 bits per heavy atom. The highest BCUT2D eigenvalue weighted by Gasteiger charge is 2.00. The molecule has 0 aliphatic carbocycles. The van der Waals surface area contributed by atoms with Gasteiger partial charge in [0.05, 0.1) is 6.10 Å². The van der Waals surface area contributed by atoms with Crippen LogP contribution in [-0.2, 0) is 0 Å². The molecule has 0 saturated heterocycles. The van der Waals surface area contributed by atoms with Gasteiger partial charge in [-0.25, -0.2) is 0 Å². The van der Waals surface area contributed by atoms with Crippen LogP contribution in [0.1, 0.15) is 39.2 Å². The number of ether oxygens (including phenoxy) is 1. The first-order valence-electron chi connectivity index (χ1n) is 4.78. The average Bonchev–Trinajstić information content (AvgIpc) is 2.04. The van der Waals surface area contributed by atoms with Gasteiger partial charge in [-0.15, -0.1) is 0 Å². The molecule has 1 aromatic rings. The molecule has 1 aromatic carbocycles. The summed E-state index contributed by atoms with van der Waals surface area (Å²) in [6.07, 6.45) is 0.223. The van der Waals surface area contributed by atoms with Gasteiger partial charge in [0.1, 0.15) is 5.75 Å². The minimum absolute atomic E-state index is 0.223. The Hall–Kier alpha value is -0.980. The van der Waals surface area contributed by atoms with Crippen LogP contribution in [-0.4, -0.2) is 6.10 Å². The Kier molecular flexibility index (Phi) is 3.35. The van der Waals surface area contributed by atoms with Crippen molar-refractivity contribution in [2.75, 3.05) is 0 Å². The van der Waals surface area contributed by atoms with E-state index in [-0.39, 0.29) is 6.10 Å². The molecule has 0 saturated carbocycles. The maximum Gasteiger partial charge on any atom is 0.127 e. The molecule has 0 unspecified atom stereocenters. The average molecular weight is 177 g/mol. The van der Waals surface area contributed by atoms with E-state index in [0.717, 1.165) is 5.75 Å². The van der Waals surface area contributed by atoms with Crippen molar-refractivity contribution >= 4 is 0 Å². The second kappa shape index (κ2) is 4.31. The zero-order valence-corrected chi connectivity index (χ0v) is 8.79. The molecule has 0 aromatic heterocycles. The van der Waals surface area contributed by atoms with Crippen molar-refractivity contribution in [1.82, 2.24) is 0 Å². The maximum absolute atomic E-state index is 5.49. The van der Waals surface area contributed by atoms with Crippen LogP contribution >= 0.6 is 0 Å². The summed E-state index contributed by atoms with van der Waals surface area (Å²) in [5.41, 5.74) is 1.30.